The number of nitrogen functional groups attached to an aromatic ring is 1. The minimum Gasteiger partial charge on any atom is -0.480 e. The third-order valence-electron chi connectivity index (χ3n) is 4.08. The van der Waals surface area contributed by atoms with E-state index < -0.39 is 5.97 Å². The molecular weight excluding hydrogens is 290 g/mol. The molecule has 0 radical (unpaired) electrons. The van der Waals surface area contributed by atoms with Crippen molar-refractivity contribution in [2.75, 3.05) is 5.73 Å². The maximum absolute atomic E-state index is 11.2. The summed E-state index contributed by atoms with van der Waals surface area (Å²) in [5.41, 5.74) is 11.4. The molecule has 0 aliphatic carbocycles. The van der Waals surface area contributed by atoms with Crippen LogP contribution in [-0.4, -0.2) is 20.6 Å². The maximum Gasteiger partial charge on any atom is 0.323 e. The first-order valence-corrected chi connectivity index (χ1v) is 7.46. The molecule has 3 rings (SSSR count). The molecule has 5 nitrogen and oxygen atoms in total. The Hall–Kier alpha value is -2.82. The first-order chi connectivity index (χ1) is 10.9. The summed E-state index contributed by atoms with van der Waals surface area (Å²) in [6.45, 7) is 3.96. The van der Waals surface area contributed by atoms with Crippen molar-refractivity contribution in [3.05, 3.63) is 58.9 Å². The van der Waals surface area contributed by atoms with Crippen LogP contribution < -0.4 is 5.73 Å². The summed E-state index contributed by atoms with van der Waals surface area (Å²) in [6, 6.07) is 11.6. The van der Waals surface area contributed by atoms with Crippen LogP contribution in [0.3, 0.4) is 0 Å². The Morgan fingerprint density at radius 3 is 2.48 bits per heavy atom. The molecule has 0 fully saturated rings. The quantitative estimate of drug-likeness (QED) is 0.726. The van der Waals surface area contributed by atoms with Crippen LogP contribution in [0.5, 0.6) is 0 Å². The molecule has 0 aliphatic heterocycles. The van der Waals surface area contributed by atoms with E-state index in [9.17, 15) is 9.90 Å². The normalized spacial score (nSPS) is 11.0. The van der Waals surface area contributed by atoms with Crippen molar-refractivity contribution < 1.29 is 9.90 Å². The number of carboxylic acid groups (broad SMARTS) is 1. The molecule has 0 atom stereocenters. The van der Waals surface area contributed by atoms with Gasteiger partial charge in [0.2, 0.25) is 0 Å². The molecule has 1 aromatic heterocycles. The fraction of sp³-hybridized carbons (Fsp3) is 0.222. The highest BCUT2D eigenvalue weighted by Crippen LogP contribution is 2.22. The number of benzene rings is 2. The molecule has 0 spiro atoms. The van der Waals surface area contributed by atoms with Crippen molar-refractivity contribution in [2.24, 2.45) is 0 Å². The molecule has 2 aromatic carbocycles. The Kier molecular flexibility index (Phi) is 3.78. The summed E-state index contributed by atoms with van der Waals surface area (Å²) in [5.74, 6) is -0.127. The first-order valence-electron chi connectivity index (χ1n) is 7.46. The van der Waals surface area contributed by atoms with Gasteiger partial charge in [0.05, 0.1) is 11.0 Å². The van der Waals surface area contributed by atoms with Gasteiger partial charge in [-0.25, -0.2) is 4.98 Å². The topological polar surface area (TPSA) is 81.1 Å². The number of carbonyl (C=O) groups is 1. The Balaban J connectivity index is 2.10. The summed E-state index contributed by atoms with van der Waals surface area (Å²) in [5, 5.41) is 9.23. The molecule has 0 saturated carbocycles. The number of aromatic nitrogens is 2. The lowest BCUT2D eigenvalue weighted by Crippen LogP contribution is -2.12. The van der Waals surface area contributed by atoms with Crippen LogP contribution in [-0.2, 0) is 17.8 Å². The first kappa shape index (κ1) is 15.1. The minimum absolute atomic E-state index is 0.0939. The van der Waals surface area contributed by atoms with Gasteiger partial charge in [0.15, 0.2) is 0 Å². The largest absolute Gasteiger partial charge is 0.480 e. The Morgan fingerprint density at radius 1 is 1.17 bits per heavy atom. The molecule has 118 valence electrons. The summed E-state index contributed by atoms with van der Waals surface area (Å²) in [4.78, 5) is 15.9. The predicted octanol–water partition coefficient (Wildman–Crippen LogP) is 2.91. The zero-order valence-corrected chi connectivity index (χ0v) is 13.2. The van der Waals surface area contributed by atoms with E-state index >= 15 is 0 Å². The maximum atomic E-state index is 11.2. The van der Waals surface area contributed by atoms with Gasteiger partial charge in [-0.3, -0.25) is 4.79 Å². The molecule has 5 heteroatoms. The number of anilines is 1. The number of rotatable bonds is 4. The molecular formula is C18H19N3O2. The third kappa shape index (κ3) is 3.04. The molecule has 0 saturated heterocycles. The van der Waals surface area contributed by atoms with Crippen LogP contribution in [0.25, 0.3) is 11.0 Å². The summed E-state index contributed by atoms with van der Waals surface area (Å²) in [6.07, 6.45) is 0.570. The lowest BCUT2D eigenvalue weighted by Gasteiger charge is -2.07. The second-order valence-electron chi connectivity index (χ2n) is 5.85. The number of carboxylic acids is 1. The van der Waals surface area contributed by atoms with Crippen molar-refractivity contribution in [1.29, 1.82) is 0 Å². The van der Waals surface area contributed by atoms with Crippen molar-refractivity contribution in [3.8, 4) is 0 Å². The van der Waals surface area contributed by atoms with Gasteiger partial charge in [-0.2, -0.15) is 0 Å². The monoisotopic (exact) mass is 309 g/mol. The highest BCUT2D eigenvalue weighted by Gasteiger charge is 2.14. The Labute approximate surface area is 134 Å². The van der Waals surface area contributed by atoms with Gasteiger partial charge in [0, 0.05) is 12.1 Å². The van der Waals surface area contributed by atoms with E-state index in [1.165, 1.54) is 0 Å². The smallest absolute Gasteiger partial charge is 0.323 e. The number of imidazole rings is 1. The van der Waals surface area contributed by atoms with E-state index in [0.717, 1.165) is 33.5 Å². The van der Waals surface area contributed by atoms with Crippen molar-refractivity contribution in [3.63, 3.8) is 0 Å². The fourth-order valence-electron chi connectivity index (χ4n) is 2.69. The van der Waals surface area contributed by atoms with Gasteiger partial charge < -0.3 is 15.4 Å². The number of nitrogens with zero attached hydrogens (tertiary/aromatic N) is 2. The van der Waals surface area contributed by atoms with Crippen LogP contribution in [0.15, 0.2) is 36.4 Å². The second kappa shape index (κ2) is 5.76. The molecule has 3 aromatic rings. The van der Waals surface area contributed by atoms with Gasteiger partial charge in [0.25, 0.3) is 0 Å². The van der Waals surface area contributed by atoms with Crippen LogP contribution >= 0.6 is 0 Å². The molecule has 0 unspecified atom stereocenters. The van der Waals surface area contributed by atoms with E-state index in [1.807, 2.05) is 50.2 Å². The third-order valence-corrected chi connectivity index (χ3v) is 4.08. The number of nitrogens with two attached hydrogens (primary N) is 1. The number of aliphatic carboxylic acids is 1. The molecule has 0 bridgehead atoms. The lowest BCUT2D eigenvalue weighted by molar-refractivity contribution is -0.137. The van der Waals surface area contributed by atoms with E-state index in [1.54, 1.807) is 4.57 Å². The highest BCUT2D eigenvalue weighted by atomic mass is 16.4. The van der Waals surface area contributed by atoms with Crippen molar-refractivity contribution in [2.45, 2.75) is 26.8 Å². The van der Waals surface area contributed by atoms with Gasteiger partial charge >= 0.3 is 5.97 Å². The molecule has 0 aliphatic rings. The fourth-order valence-corrected chi connectivity index (χ4v) is 2.69. The average Bonchev–Trinajstić information content (AvgIpc) is 2.79. The van der Waals surface area contributed by atoms with Crippen LogP contribution in [0, 0.1) is 13.8 Å². The van der Waals surface area contributed by atoms with Crippen LogP contribution in [0.4, 0.5) is 5.69 Å². The lowest BCUT2D eigenvalue weighted by atomic mass is 10.1. The zero-order valence-electron chi connectivity index (χ0n) is 13.2. The SMILES string of the molecule is Cc1cc2nc(Cc3ccc(N)cc3)n(CC(=O)O)c2cc1C. The van der Waals surface area contributed by atoms with E-state index in [2.05, 4.69) is 4.98 Å². The van der Waals surface area contributed by atoms with E-state index in [0.29, 0.717) is 12.1 Å². The van der Waals surface area contributed by atoms with Gasteiger partial charge in [0.1, 0.15) is 12.4 Å². The highest BCUT2D eigenvalue weighted by molar-refractivity contribution is 5.80. The number of fused-ring (bicyclic) bond motifs is 1. The van der Waals surface area contributed by atoms with Gasteiger partial charge in [-0.1, -0.05) is 12.1 Å². The van der Waals surface area contributed by atoms with Crippen molar-refractivity contribution >= 4 is 22.7 Å². The molecule has 23 heavy (non-hydrogen) atoms. The zero-order chi connectivity index (χ0) is 16.6. The van der Waals surface area contributed by atoms with Crippen LogP contribution in [0.1, 0.15) is 22.5 Å². The predicted molar refractivity (Wildman–Crippen MR) is 90.5 cm³/mol. The Morgan fingerprint density at radius 2 is 1.83 bits per heavy atom. The Bertz CT molecular complexity index is 879. The molecule has 3 N–H and O–H groups in total. The van der Waals surface area contributed by atoms with Crippen LogP contribution in [0.2, 0.25) is 0 Å². The van der Waals surface area contributed by atoms with Crippen molar-refractivity contribution in [1.82, 2.24) is 9.55 Å². The van der Waals surface area contributed by atoms with E-state index in [-0.39, 0.29) is 6.54 Å². The van der Waals surface area contributed by atoms with E-state index in [4.69, 9.17) is 5.73 Å². The molecule has 1 heterocycles. The van der Waals surface area contributed by atoms with Gasteiger partial charge in [-0.05, 0) is 54.8 Å². The average molecular weight is 309 g/mol. The minimum atomic E-state index is -0.874. The summed E-state index contributed by atoms with van der Waals surface area (Å²) in [7, 11) is 0. The van der Waals surface area contributed by atoms with Gasteiger partial charge in [-0.15, -0.1) is 0 Å². The summed E-state index contributed by atoms with van der Waals surface area (Å²) >= 11 is 0. The number of aryl methyl sites for hydroxylation is 2. The summed E-state index contributed by atoms with van der Waals surface area (Å²) < 4.78 is 1.78. The second-order valence-corrected chi connectivity index (χ2v) is 5.85. The molecule has 0 amide bonds. The number of hydrogen-bond acceptors (Lipinski definition) is 3. The number of hydrogen-bond donors (Lipinski definition) is 2. The standard InChI is InChI=1S/C18H19N3O2/c1-11-7-15-16(8-12(11)2)21(10-18(22)23)17(20-15)9-13-3-5-14(19)6-4-13/h3-8H,9-10,19H2,1-2H3,(H,22,23).